The summed E-state index contributed by atoms with van der Waals surface area (Å²) in [6.07, 6.45) is 1.11. The van der Waals surface area contributed by atoms with E-state index >= 15 is 0 Å². The van der Waals surface area contributed by atoms with Crippen molar-refractivity contribution in [1.82, 2.24) is 9.62 Å². The van der Waals surface area contributed by atoms with E-state index in [9.17, 15) is 22.8 Å². The normalized spacial score (nSPS) is 17.0. The summed E-state index contributed by atoms with van der Waals surface area (Å²) in [7, 11) is -3.67. The molecule has 0 aliphatic carbocycles. The fourth-order valence-corrected chi connectivity index (χ4v) is 4.99. The average molecular weight is 444 g/mol. The smallest absolute Gasteiger partial charge is 0.243 e. The van der Waals surface area contributed by atoms with E-state index in [0.29, 0.717) is 30.6 Å². The maximum absolute atomic E-state index is 12.8. The minimum absolute atomic E-state index is 0.0747. The van der Waals surface area contributed by atoms with E-state index in [2.05, 4.69) is 10.6 Å². The van der Waals surface area contributed by atoms with Gasteiger partial charge in [0.2, 0.25) is 21.8 Å². The molecular weight excluding hydrogens is 418 g/mol. The highest BCUT2D eigenvalue weighted by Gasteiger charge is 2.33. The van der Waals surface area contributed by atoms with Gasteiger partial charge in [-0.15, -0.1) is 0 Å². The van der Waals surface area contributed by atoms with Gasteiger partial charge in [-0.25, -0.2) is 8.42 Å². The first-order valence-electron chi connectivity index (χ1n) is 10.0. The fourth-order valence-electron chi connectivity index (χ4n) is 3.45. The number of hydrogen-bond donors (Lipinski definition) is 2. The highest BCUT2D eigenvalue weighted by Crippen LogP contribution is 2.23. The van der Waals surface area contributed by atoms with Gasteiger partial charge in [-0.1, -0.05) is 30.3 Å². The standard InChI is InChI=1S/C22H25N3O5S/c1-16(26)17-7-5-9-19(13-17)24-21(27)14-23-22(28)18-8-6-12-25(15-18)31(29,30)20-10-3-2-4-11-20/h2-5,7,9-11,13,18H,6,8,12,14-15H2,1H3,(H,23,28)(H,24,27). The topological polar surface area (TPSA) is 113 Å². The molecule has 0 saturated carbocycles. The summed E-state index contributed by atoms with van der Waals surface area (Å²) in [5, 5.41) is 5.22. The maximum atomic E-state index is 12.8. The highest BCUT2D eigenvalue weighted by atomic mass is 32.2. The van der Waals surface area contributed by atoms with E-state index in [4.69, 9.17) is 0 Å². The summed E-state index contributed by atoms with van der Waals surface area (Å²) >= 11 is 0. The predicted molar refractivity (Wildman–Crippen MR) is 116 cm³/mol. The molecule has 2 amide bonds. The second-order valence-electron chi connectivity index (χ2n) is 7.42. The van der Waals surface area contributed by atoms with Crippen molar-refractivity contribution in [2.75, 3.05) is 25.0 Å². The Bertz CT molecular complexity index is 1070. The average Bonchev–Trinajstić information content (AvgIpc) is 2.78. The lowest BCUT2D eigenvalue weighted by Gasteiger charge is -2.31. The van der Waals surface area contributed by atoms with Crippen molar-refractivity contribution >= 4 is 33.3 Å². The first-order chi connectivity index (χ1) is 14.8. The molecule has 1 aliphatic heterocycles. The van der Waals surface area contributed by atoms with E-state index in [0.717, 1.165) is 0 Å². The van der Waals surface area contributed by atoms with Crippen LogP contribution in [-0.2, 0) is 19.6 Å². The number of carbonyl (C=O) groups is 3. The van der Waals surface area contributed by atoms with Gasteiger partial charge in [0.05, 0.1) is 17.4 Å². The molecule has 0 aromatic heterocycles. The SMILES string of the molecule is CC(=O)c1cccc(NC(=O)CNC(=O)C2CCCN(S(=O)(=O)c3ccccc3)C2)c1. The van der Waals surface area contributed by atoms with Gasteiger partial charge in [-0.05, 0) is 44.0 Å². The van der Waals surface area contributed by atoms with Crippen molar-refractivity contribution in [2.24, 2.45) is 5.92 Å². The van der Waals surface area contributed by atoms with Crippen molar-refractivity contribution < 1.29 is 22.8 Å². The molecule has 0 bridgehead atoms. The van der Waals surface area contributed by atoms with Crippen molar-refractivity contribution in [1.29, 1.82) is 0 Å². The number of benzene rings is 2. The lowest BCUT2D eigenvalue weighted by atomic mass is 9.99. The molecule has 9 heteroatoms. The zero-order chi connectivity index (χ0) is 22.4. The van der Waals surface area contributed by atoms with Crippen LogP contribution in [-0.4, -0.2) is 50.0 Å². The summed E-state index contributed by atoms with van der Waals surface area (Å²) in [5.41, 5.74) is 0.938. The Labute approximate surface area is 181 Å². The van der Waals surface area contributed by atoms with Gasteiger partial charge in [0.25, 0.3) is 0 Å². The number of anilines is 1. The second kappa shape index (κ2) is 9.84. The number of carbonyl (C=O) groups excluding carboxylic acids is 3. The molecule has 1 atom stereocenters. The summed E-state index contributed by atoms with van der Waals surface area (Å²) < 4.78 is 26.9. The van der Waals surface area contributed by atoms with E-state index in [-0.39, 0.29) is 29.7 Å². The Kier molecular flexibility index (Phi) is 7.19. The third-order valence-electron chi connectivity index (χ3n) is 5.11. The van der Waals surface area contributed by atoms with Gasteiger partial charge in [0, 0.05) is 24.3 Å². The Morgan fingerprint density at radius 3 is 2.52 bits per heavy atom. The zero-order valence-electron chi connectivity index (χ0n) is 17.2. The highest BCUT2D eigenvalue weighted by molar-refractivity contribution is 7.89. The van der Waals surface area contributed by atoms with E-state index in [1.165, 1.54) is 23.4 Å². The first-order valence-corrected chi connectivity index (χ1v) is 11.4. The molecule has 3 rings (SSSR count). The molecule has 0 spiro atoms. The van der Waals surface area contributed by atoms with Crippen LogP contribution in [0.2, 0.25) is 0 Å². The fraction of sp³-hybridized carbons (Fsp3) is 0.318. The number of nitrogens with zero attached hydrogens (tertiary/aromatic N) is 1. The van der Waals surface area contributed by atoms with Crippen molar-refractivity contribution in [3.63, 3.8) is 0 Å². The molecule has 164 valence electrons. The van der Waals surface area contributed by atoms with E-state index in [1.807, 2.05) is 0 Å². The minimum Gasteiger partial charge on any atom is -0.347 e. The number of sulfonamides is 1. The Hall–Kier alpha value is -3.04. The van der Waals surface area contributed by atoms with Gasteiger partial charge >= 0.3 is 0 Å². The Morgan fingerprint density at radius 2 is 1.81 bits per heavy atom. The zero-order valence-corrected chi connectivity index (χ0v) is 18.0. The molecular formula is C22H25N3O5S. The monoisotopic (exact) mass is 443 g/mol. The second-order valence-corrected chi connectivity index (χ2v) is 9.36. The van der Waals surface area contributed by atoms with Crippen LogP contribution < -0.4 is 10.6 Å². The molecule has 0 radical (unpaired) electrons. The predicted octanol–water partition coefficient (Wildman–Crippen LogP) is 2.04. The Morgan fingerprint density at radius 1 is 1.06 bits per heavy atom. The molecule has 1 heterocycles. The van der Waals surface area contributed by atoms with Crippen LogP contribution in [0.5, 0.6) is 0 Å². The van der Waals surface area contributed by atoms with Gasteiger partial charge in [-0.3, -0.25) is 14.4 Å². The molecule has 8 nitrogen and oxygen atoms in total. The van der Waals surface area contributed by atoms with E-state index in [1.54, 1.807) is 42.5 Å². The summed E-state index contributed by atoms with van der Waals surface area (Å²) in [5.74, 6) is -1.43. The number of rotatable bonds is 7. The molecule has 2 aromatic carbocycles. The third-order valence-corrected chi connectivity index (χ3v) is 6.99. The largest absolute Gasteiger partial charge is 0.347 e. The molecule has 2 N–H and O–H groups in total. The van der Waals surface area contributed by atoms with Gasteiger partial charge in [0.1, 0.15) is 0 Å². The summed E-state index contributed by atoms with van der Waals surface area (Å²) in [6, 6.07) is 14.7. The number of nitrogens with one attached hydrogen (secondary N) is 2. The minimum atomic E-state index is -3.67. The van der Waals surface area contributed by atoms with Crippen molar-refractivity contribution in [3.8, 4) is 0 Å². The van der Waals surface area contributed by atoms with Gasteiger partial charge in [-0.2, -0.15) is 4.31 Å². The summed E-state index contributed by atoms with van der Waals surface area (Å²) in [4.78, 5) is 36.4. The van der Waals surface area contributed by atoms with Crippen molar-refractivity contribution in [3.05, 3.63) is 60.2 Å². The molecule has 1 aliphatic rings. The number of piperidine rings is 1. The maximum Gasteiger partial charge on any atom is 0.243 e. The van der Waals surface area contributed by atoms with Crippen LogP contribution in [0.25, 0.3) is 0 Å². The van der Waals surface area contributed by atoms with Crippen LogP contribution in [0.15, 0.2) is 59.5 Å². The third kappa shape index (κ3) is 5.77. The van der Waals surface area contributed by atoms with Crippen LogP contribution in [0, 0.1) is 5.92 Å². The number of hydrogen-bond acceptors (Lipinski definition) is 5. The number of ketones is 1. The van der Waals surface area contributed by atoms with Crippen molar-refractivity contribution in [2.45, 2.75) is 24.7 Å². The quantitative estimate of drug-likeness (QED) is 0.636. The molecule has 31 heavy (non-hydrogen) atoms. The molecule has 1 saturated heterocycles. The van der Waals surface area contributed by atoms with Gasteiger partial charge in [0.15, 0.2) is 5.78 Å². The number of Topliss-reactive ketones (excluding diaryl/α,β-unsaturated/α-hetero) is 1. The molecule has 1 unspecified atom stereocenters. The molecule has 1 fully saturated rings. The first kappa shape index (κ1) is 22.6. The van der Waals surface area contributed by atoms with E-state index < -0.39 is 21.8 Å². The number of amides is 2. The summed E-state index contributed by atoms with van der Waals surface area (Å²) in [6.45, 7) is 1.62. The van der Waals surface area contributed by atoms with Crippen LogP contribution in [0.4, 0.5) is 5.69 Å². The van der Waals surface area contributed by atoms with Crippen LogP contribution >= 0.6 is 0 Å². The lowest BCUT2D eigenvalue weighted by molar-refractivity contribution is -0.128. The Balaban J connectivity index is 1.55. The van der Waals surface area contributed by atoms with Crippen LogP contribution in [0.3, 0.4) is 0 Å². The van der Waals surface area contributed by atoms with Gasteiger partial charge < -0.3 is 10.6 Å². The molecule has 2 aromatic rings. The lowest BCUT2D eigenvalue weighted by Crippen LogP contribution is -2.46. The van der Waals surface area contributed by atoms with Crippen LogP contribution in [0.1, 0.15) is 30.1 Å².